The van der Waals surface area contributed by atoms with Gasteiger partial charge in [0.15, 0.2) is 10.7 Å². The average Bonchev–Trinajstić information content (AvgIpc) is 3.24. The summed E-state index contributed by atoms with van der Waals surface area (Å²) in [5, 5.41) is 6.33. The molecule has 0 aliphatic heterocycles. The molecule has 0 saturated carbocycles. The molecule has 7 heteroatoms. The quantitative estimate of drug-likeness (QED) is 0.302. The van der Waals surface area contributed by atoms with Crippen LogP contribution in [-0.2, 0) is 11.2 Å². The topological polar surface area (TPSA) is 67.2 Å². The molecule has 3 aromatic carbocycles. The monoisotopic (exact) mass is 477 g/mol. The molecule has 0 unspecified atom stereocenters. The van der Waals surface area contributed by atoms with Crippen molar-refractivity contribution in [1.29, 1.82) is 0 Å². The number of thiocarbonyl (C=S) groups is 1. The molecule has 0 spiro atoms. The van der Waals surface area contributed by atoms with E-state index < -0.39 is 0 Å². The largest absolute Gasteiger partial charge is 0.436 e. The summed E-state index contributed by atoms with van der Waals surface area (Å²) in [6, 6.07) is 21.0. The highest BCUT2D eigenvalue weighted by Gasteiger charge is 2.14. The molecule has 0 aliphatic rings. The number of nitrogens with one attached hydrogen (secondary N) is 2. The molecule has 0 fully saturated rings. The molecule has 0 bridgehead atoms. The SMILES string of the molecule is CC[C@@H](C)c1ccc2oc(-c3ccc(Cl)c(NC(=S)NC(=O)Cc4ccccc4)c3)nc2c1. The van der Waals surface area contributed by atoms with Crippen LogP contribution < -0.4 is 10.6 Å². The van der Waals surface area contributed by atoms with Gasteiger partial charge in [0.1, 0.15) is 5.52 Å². The molecule has 0 radical (unpaired) electrons. The highest BCUT2D eigenvalue weighted by atomic mass is 35.5. The molecule has 33 heavy (non-hydrogen) atoms. The Hall–Kier alpha value is -3.22. The van der Waals surface area contributed by atoms with E-state index in [9.17, 15) is 4.79 Å². The summed E-state index contributed by atoms with van der Waals surface area (Å²) in [4.78, 5) is 17.0. The van der Waals surface area contributed by atoms with Crippen LogP contribution in [0, 0.1) is 0 Å². The normalized spacial score (nSPS) is 11.8. The van der Waals surface area contributed by atoms with Crippen LogP contribution in [0.15, 0.2) is 71.1 Å². The van der Waals surface area contributed by atoms with Gasteiger partial charge in [-0.1, -0.05) is 61.8 Å². The maximum Gasteiger partial charge on any atom is 0.230 e. The van der Waals surface area contributed by atoms with Crippen molar-refractivity contribution in [1.82, 2.24) is 10.3 Å². The number of halogens is 1. The number of oxazole rings is 1. The molecule has 5 nitrogen and oxygen atoms in total. The number of hydrogen-bond acceptors (Lipinski definition) is 4. The van der Waals surface area contributed by atoms with Crippen molar-refractivity contribution >= 4 is 51.6 Å². The van der Waals surface area contributed by atoms with Crippen LogP contribution in [0.4, 0.5) is 5.69 Å². The van der Waals surface area contributed by atoms with E-state index in [0.717, 1.165) is 28.6 Å². The van der Waals surface area contributed by atoms with Crippen molar-refractivity contribution in [3.8, 4) is 11.5 Å². The highest BCUT2D eigenvalue weighted by Crippen LogP contribution is 2.31. The predicted octanol–water partition coefficient (Wildman–Crippen LogP) is 6.72. The third kappa shape index (κ3) is 5.59. The first kappa shape index (κ1) is 23.0. The van der Waals surface area contributed by atoms with Crippen LogP contribution in [0.2, 0.25) is 5.02 Å². The molecule has 0 aliphatic carbocycles. The Morgan fingerprint density at radius 1 is 1.12 bits per heavy atom. The molecule has 168 valence electrons. The first-order valence-electron chi connectivity index (χ1n) is 10.8. The number of carbonyl (C=O) groups is 1. The number of amides is 1. The van der Waals surface area contributed by atoms with Crippen molar-refractivity contribution in [2.75, 3.05) is 5.32 Å². The summed E-state index contributed by atoms with van der Waals surface area (Å²) in [6.07, 6.45) is 1.29. The van der Waals surface area contributed by atoms with Crippen LogP contribution in [0.5, 0.6) is 0 Å². The van der Waals surface area contributed by atoms with E-state index in [2.05, 4.69) is 41.6 Å². The summed E-state index contributed by atoms with van der Waals surface area (Å²) in [6.45, 7) is 4.36. The number of carbonyl (C=O) groups excluding carboxylic acids is 1. The maximum atomic E-state index is 12.3. The molecule has 1 heterocycles. The van der Waals surface area contributed by atoms with Crippen LogP contribution in [0.25, 0.3) is 22.6 Å². The maximum absolute atomic E-state index is 12.3. The number of anilines is 1. The zero-order valence-corrected chi connectivity index (χ0v) is 20.0. The van der Waals surface area contributed by atoms with Crippen LogP contribution in [-0.4, -0.2) is 16.0 Å². The lowest BCUT2D eigenvalue weighted by molar-refractivity contribution is -0.119. The van der Waals surface area contributed by atoms with Crippen molar-refractivity contribution in [3.63, 3.8) is 0 Å². The first-order chi connectivity index (χ1) is 15.9. The van der Waals surface area contributed by atoms with Gasteiger partial charge in [-0.3, -0.25) is 4.79 Å². The average molecular weight is 478 g/mol. The molecule has 2 N–H and O–H groups in total. The smallest absolute Gasteiger partial charge is 0.230 e. The first-order valence-corrected chi connectivity index (χ1v) is 11.6. The molecule has 1 aromatic heterocycles. The van der Waals surface area contributed by atoms with Gasteiger partial charge in [0.25, 0.3) is 0 Å². The van der Waals surface area contributed by atoms with Crippen LogP contribution in [0.1, 0.15) is 37.3 Å². The van der Waals surface area contributed by atoms with E-state index in [1.54, 1.807) is 12.1 Å². The fraction of sp³-hybridized carbons (Fsp3) is 0.192. The Kier molecular flexibility index (Phi) is 7.06. The number of fused-ring (bicyclic) bond motifs is 1. The van der Waals surface area contributed by atoms with Crippen LogP contribution in [0.3, 0.4) is 0 Å². The minimum atomic E-state index is -0.206. The van der Waals surface area contributed by atoms with Gasteiger partial charge in [-0.15, -0.1) is 0 Å². The van der Waals surface area contributed by atoms with E-state index in [1.807, 2.05) is 42.5 Å². The van der Waals surface area contributed by atoms with Gasteiger partial charge in [0.05, 0.1) is 17.1 Å². The Balaban J connectivity index is 1.49. The number of rotatable bonds is 6. The summed E-state index contributed by atoms with van der Waals surface area (Å²) in [5.41, 5.74) is 5.00. The number of hydrogen-bond donors (Lipinski definition) is 2. The van der Waals surface area contributed by atoms with Crippen molar-refractivity contribution in [2.45, 2.75) is 32.6 Å². The standard InChI is InChI=1S/C26H24ClN3O2S/c1-3-16(2)18-10-12-23-22(14-18)28-25(32-23)19-9-11-20(27)21(15-19)29-26(33)30-24(31)13-17-7-5-4-6-8-17/h4-12,14-16H,3,13H2,1-2H3,(H2,29,30,31,33)/t16-/m1/s1. The van der Waals surface area contributed by atoms with Gasteiger partial charge >= 0.3 is 0 Å². The van der Waals surface area contributed by atoms with E-state index in [1.165, 1.54) is 5.56 Å². The Bertz CT molecular complexity index is 1300. The van der Waals surface area contributed by atoms with E-state index in [-0.39, 0.29) is 17.4 Å². The summed E-state index contributed by atoms with van der Waals surface area (Å²) < 4.78 is 5.97. The van der Waals surface area contributed by atoms with Crippen molar-refractivity contribution in [3.05, 3.63) is 82.9 Å². The lowest BCUT2D eigenvalue weighted by Gasteiger charge is -2.12. The zero-order chi connectivity index (χ0) is 23.4. The lowest BCUT2D eigenvalue weighted by atomic mass is 9.98. The minimum Gasteiger partial charge on any atom is -0.436 e. The molecular formula is C26H24ClN3O2S. The molecule has 4 rings (SSSR count). The Morgan fingerprint density at radius 3 is 2.67 bits per heavy atom. The summed E-state index contributed by atoms with van der Waals surface area (Å²) in [7, 11) is 0. The van der Waals surface area contributed by atoms with Gasteiger partial charge in [0.2, 0.25) is 11.8 Å². The molecular weight excluding hydrogens is 454 g/mol. The van der Waals surface area contributed by atoms with E-state index in [4.69, 9.17) is 28.2 Å². The van der Waals surface area contributed by atoms with Gasteiger partial charge < -0.3 is 15.1 Å². The number of benzene rings is 3. The van der Waals surface area contributed by atoms with E-state index >= 15 is 0 Å². The fourth-order valence-electron chi connectivity index (χ4n) is 3.47. The second kappa shape index (κ2) is 10.1. The molecule has 0 saturated heterocycles. The minimum absolute atomic E-state index is 0.172. The van der Waals surface area contributed by atoms with Gasteiger partial charge in [-0.05, 0) is 66.0 Å². The lowest BCUT2D eigenvalue weighted by Crippen LogP contribution is -2.35. The zero-order valence-electron chi connectivity index (χ0n) is 18.4. The second-order valence-electron chi connectivity index (χ2n) is 7.91. The highest BCUT2D eigenvalue weighted by molar-refractivity contribution is 7.80. The second-order valence-corrected chi connectivity index (χ2v) is 8.73. The third-order valence-electron chi connectivity index (χ3n) is 5.51. The Labute approximate surface area is 203 Å². The third-order valence-corrected chi connectivity index (χ3v) is 6.05. The van der Waals surface area contributed by atoms with Crippen molar-refractivity contribution < 1.29 is 9.21 Å². The predicted molar refractivity (Wildman–Crippen MR) is 138 cm³/mol. The van der Waals surface area contributed by atoms with Crippen LogP contribution >= 0.6 is 23.8 Å². The molecule has 1 amide bonds. The van der Waals surface area contributed by atoms with Gasteiger partial charge in [-0.2, -0.15) is 0 Å². The molecule has 1 atom stereocenters. The van der Waals surface area contributed by atoms with Gasteiger partial charge in [-0.25, -0.2) is 4.98 Å². The van der Waals surface area contributed by atoms with Gasteiger partial charge in [0, 0.05) is 5.56 Å². The number of aromatic nitrogens is 1. The number of nitrogens with zero attached hydrogens (tertiary/aromatic N) is 1. The Morgan fingerprint density at radius 2 is 1.91 bits per heavy atom. The summed E-state index contributed by atoms with van der Waals surface area (Å²) >= 11 is 11.7. The van der Waals surface area contributed by atoms with Crippen molar-refractivity contribution in [2.24, 2.45) is 0 Å². The van der Waals surface area contributed by atoms with E-state index in [0.29, 0.717) is 22.5 Å². The molecule has 4 aromatic rings. The fourth-order valence-corrected chi connectivity index (χ4v) is 3.86. The summed E-state index contributed by atoms with van der Waals surface area (Å²) in [5.74, 6) is 0.742.